The van der Waals surface area contributed by atoms with Crippen LogP contribution in [0.4, 0.5) is 0 Å². The molecule has 5 atom stereocenters. The maximum Gasteiger partial charge on any atom is 0.488 e. The fraction of sp³-hybridized carbons (Fsp3) is 0.600. The lowest BCUT2D eigenvalue weighted by molar-refractivity contribution is -0.0450. The largest absolute Gasteiger partial charge is 0.488 e. The van der Waals surface area contributed by atoms with Gasteiger partial charge in [0.15, 0.2) is 0 Å². The number of ether oxygens (including phenoxy) is 1. The Morgan fingerprint density at radius 2 is 1.86 bits per heavy atom. The van der Waals surface area contributed by atoms with Crippen LogP contribution in [0, 0.1) is 12.1 Å². The molecule has 1 aromatic rings. The van der Waals surface area contributed by atoms with E-state index >= 15 is 0 Å². The first-order valence-corrected chi connectivity index (χ1v) is 12.2. The molecule has 0 amide bonds. The van der Waals surface area contributed by atoms with Crippen LogP contribution in [0.2, 0.25) is 0 Å². The highest BCUT2D eigenvalue weighted by atomic mass is 31.3. The van der Waals surface area contributed by atoms with Crippen LogP contribution >= 0.6 is 23.4 Å². The van der Waals surface area contributed by atoms with Crippen molar-refractivity contribution in [3.8, 4) is 0 Å². The van der Waals surface area contributed by atoms with Crippen LogP contribution < -0.4 is 11.2 Å². The molecule has 0 aliphatic carbocycles. The Morgan fingerprint density at radius 1 is 1.24 bits per heavy atom. The zero-order valence-electron chi connectivity index (χ0n) is 14.5. The second kappa shape index (κ2) is 8.63. The van der Waals surface area contributed by atoms with E-state index in [2.05, 4.69) is 13.1 Å². The number of aliphatic hydroxyl groups excluding tert-OH is 1. The molecule has 1 aromatic heterocycles. The van der Waals surface area contributed by atoms with Gasteiger partial charge in [-0.25, -0.2) is 23.4 Å². The van der Waals surface area contributed by atoms with E-state index in [1.54, 1.807) is 0 Å². The molecule has 2 unspecified atom stereocenters. The lowest BCUT2D eigenvalue weighted by Crippen LogP contribution is -2.33. The van der Waals surface area contributed by atoms with Crippen LogP contribution in [0.5, 0.6) is 0 Å². The first-order chi connectivity index (χ1) is 13.1. The molecule has 0 bridgehead atoms. The monoisotopic (exact) mass is 481 g/mol. The minimum atomic E-state index is -5.55. The minimum Gasteiger partial charge on any atom is -0.390 e. The smallest absolute Gasteiger partial charge is 0.390 e. The predicted octanol–water partition coefficient (Wildman–Crippen LogP) is -0.746. The van der Waals surface area contributed by atoms with Crippen molar-refractivity contribution in [1.29, 1.82) is 5.16 Å². The van der Waals surface area contributed by atoms with E-state index in [4.69, 9.17) is 24.6 Å². The van der Waals surface area contributed by atoms with Crippen molar-refractivity contribution in [3.05, 3.63) is 32.6 Å². The molecule has 19 heteroatoms. The molecule has 1 saturated heterocycles. The summed E-state index contributed by atoms with van der Waals surface area (Å²) in [6.07, 6.45) is -2.58. The summed E-state index contributed by atoms with van der Waals surface area (Å²) in [6, 6.07) is 0. The minimum absolute atomic E-state index is 0.154. The van der Waals surface area contributed by atoms with Gasteiger partial charge in [0.1, 0.15) is 12.3 Å². The number of H-pyrrole nitrogens is 1. The van der Waals surface area contributed by atoms with Crippen LogP contribution in [-0.4, -0.2) is 53.0 Å². The third-order valence-electron chi connectivity index (χ3n) is 3.49. The fourth-order valence-electron chi connectivity index (χ4n) is 2.32. The molecule has 0 saturated carbocycles. The Kier molecular flexibility index (Phi) is 7.23. The van der Waals surface area contributed by atoms with E-state index in [0.717, 1.165) is 4.57 Å². The molecule has 1 fully saturated rings. The summed E-state index contributed by atoms with van der Waals surface area (Å²) in [6.45, 7) is 0.587. The molecule has 0 spiro atoms. The molecule has 0 aromatic carbocycles. The van der Waals surface area contributed by atoms with Gasteiger partial charge in [-0.1, -0.05) is 0 Å². The van der Waals surface area contributed by atoms with Crippen molar-refractivity contribution < 1.29 is 51.7 Å². The number of hydrogen-bond donors (Lipinski definition) is 7. The van der Waals surface area contributed by atoms with Crippen LogP contribution in [0.3, 0.4) is 0 Å². The third kappa shape index (κ3) is 7.03. The number of phosphoric acid groups is 2. The summed E-state index contributed by atoms with van der Waals surface area (Å²) >= 11 is 0. The van der Waals surface area contributed by atoms with Gasteiger partial charge in [0, 0.05) is 18.2 Å². The predicted molar refractivity (Wildman–Crippen MR) is 92.4 cm³/mol. The zero-order valence-corrected chi connectivity index (χ0v) is 17.2. The molecule has 166 valence electrons. The van der Waals surface area contributed by atoms with Crippen LogP contribution in [0.1, 0.15) is 18.2 Å². The Balaban J connectivity index is 2.03. The van der Waals surface area contributed by atoms with Crippen molar-refractivity contribution in [1.82, 2.24) is 9.55 Å². The van der Waals surface area contributed by atoms with Gasteiger partial charge in [0.25, 0.3) is 5.56 Å². The van der Waals surface area contributed by atoms with Crippen LogP contribution in [0.25, 0.3) is 0 Å². The molecule has 1 aliphatic heterocycles. The summed E-state index contributed by atoms with van der Waals surface area (Å²) in [7, 11) is -15.9. The van der Waals surface area contributed by atoms with E-state index in [1.165, 1.54) is 13.1 Å². The van der Waals surface area contributed by atoms with Gasteiger partial charge in [0.05, 0.1) is 12.7 Å². The molecule has 0 radical (unpaired) electrons. The number of aromatic amines is 1. The average Bonchev–Trinajstić information content (AvgIpc) is 2.86. The van der Waals surface area contributed by atoms with Crippen molar-refractivity contribution in [3.63, 3.8) is 0 Å². The first kappa shape index (κ1) is 24.3. The van der Waals surface area contributed by atoms with Crippen molar-refractivity contribution >= 4 is 23.4 Å². The highest BCUT2D eigenvalue weighted by Gasteiger charge is 2.42. The van der Waals surface area contributed by atoms with E-state index in [9.17, 15) is 28.7 Å². The molecule has 1 aliphatic rings. The van der Waals surface area contributed by atoms with Gasteiger partial charge in [-0.05, 0) is 6.92 Å². The van der Waals surface area contributed by atoms with Gasteiger partial charge in [-0.2, -0.15) is 4.31 Å². The Hall–Kier alpha value is -0.990. The maximum absolute atomic E-state index is 11.9. The van der Waals surface area contributed by atoms with E-state index in [-0.39, 0.29) is 12.0 Å². The van der Waals surface area contributed by atoms with Crippen molar-refractivity contribution in [2.45, 2.75) is 31.8 Å². The Labute approximate surface area is 161 Å². The quantitative estimate of drug-likeness (QED) is 0.226. The number of aromatic nitrogens is 2. The summed E-state index contributed by atoms with van der Waals surface area (Å²) in [5.74, 6) is 0. The fourth-order valence-corrected chi connectivity index (χ4v) is 5.42. The van der Waals surface area contributed by atoms with Crippen molar-refractivity contribution in [2.75, 3.05) is 6.61 Å². The molecule has 7 N–H and O–H groups in total. The first-order valence-electron chi connectivity index (χ1n) is 7.56. The molecule has 2 rings (SSSR count). The number of hydrogen-bond acceptors (Lipinski definition) is 10. The van der Waals surface area contributed by atoms with Gasteiger partial charge < -0.3 is 29.4 Å². The van der Waals surface area contributed by atoms with E-state index in [1.807, 2.05) is 4.98 Å². The standard InChI is InChI=1S/C10H18N3O13P3/c1-5-3-13(10(16)12-9(5)15)8-2-6(14)7(24-8)4-23-28(19,20)26-29(21,22)25-27(11,17)18/h3,6-8,14H,2,4H2,1H3,(H,19,20)(H,21,22)(H3,11,17,18)(H,12,15,16)/t6-,7+,8+/m0/s1. The van der Waals surface area contributed by atoms with E-state index in [0.29, 0.717) is 0 Å². The third-order valence-corrected chi connectivity index (χ3v) is 7.35. The molecule has 29 heavy (non-hydrogen) atoms. The number of nitrogens with one attached hydrogen (secondary N) is 2. The highest BCUT2D eigenvalue weighted by molar-refractivity contribution is 7.66. The number of aryl methyl sites for hydroxylation is 1. The zero-order chi connectivity index (χ0) is 22.2. The number of phosphoric ester groups is 1. The maximum atomic E-state index is 11.9. The normalized spacial score (nSPS) is 26.8. The van der Waals surface area contributed by atoms with E-state index < -0.39 is 59.7 Å². The van der Waals surface area contributed by atoms with Gasteiger partial charge in [-0.15, -0.1) is 0 Å². The molecule has 16 nitrogen and oxygen atoms in total. The second-order valence-corrected chi connectivity index (χ2v) is 10.4. The SMILES string of the molecule is Cc1cn([C@H]2C[C@H](O)[C@@H](COP(=O)(O)OP(=O)(O)OP(=N)(O)O)O2)c(=O)[nH]c1=O. The molecule has 2 heterocycles. The summed E-state index contributed by atoms with van der Waals surface area (Å²) in [4.78, 5) is 61.2. The molecular weight excluding hydrogens is 463 g/mol. The summed E-state index contributed by atoms with van der Waals surface area (Å²) in [5, 5.41) is 16.6. The Morgan fingerprint density at radius 3 is 2.45 bits per heavy atom. The average molecular weight is 481 g/mol. The van der Waals surface area contributed by atoms with Gasteiger partial charge in [0.2, 0.25) is 0 Å². The Bertz CT molecular complexity index is 1010. The summed E-state index contributed by atoms with van der Waals surface area (Å²) in [5.41, 5.74) is -1.23. The lowest BCUT2D eigenvalue weighted by atomic mass is 10.2. The highest BCUT2D eigenvalue weighted by Crippen LogP contribution is 2.66. The second-order valence-electron chi connectivity index (χ2n) is 5.85. The van der Waals surface area contributed by atoms with Gasteiger partial charge in [-0.3, -0.25) is 18.9 Å². The number of nitrogens with zero attached hydrogens (tertiary/aromatic N) is 1. The van der Waals surface area contributed by atoms with Crippen LogP contribution in [0.15, 0.2) is 15.8 Å². The lowest BCUT2D eigenvalue weighted by Gasteiger charge is -2.20. The topological polar surface area (TPSA) is 251 Å². The number of rotatable bonds is 8. The van der Waals surface area contributed by atoms with Crippen molar-refractivity contribution in [2.24, 2.45) is 0 Å². The summed E-state index contributed by atoms with van der Waals surface area (Å²) < 4.78 is 41.2. The molecular formula is C10H18N3O13P3. The van der Waals surface area contributed by atoms with Gasteiger partial charge >= 0.3 is 29.1 Å². The van der Waals surface area contributed by atoms with Crippen LogP contribution in [-0.2, 0) is 27.0 Å². The number of aliphatic hydroxyl groups is 1.